The topological polar surface area (TPSA) is 113 Å². The van der Waals surface area contributed by atoms with E-state index in [4.69, 9.17) is 9.47 Å². The molecule has 1 aliphatic rings. The SMILES string of the molecule is CS(=O)(=O)S(=O)(=O)OCC(=O)C1OCCO1. The first-order valence-electron chi connectivity index (χ1n) is 4.09. The third-order valence-electron chi connectivity index (χ3n) is 1.60. The Morgan fingerprint density at radius 2 is 1.75 bits per heavy atom. The predicted octanol–water partition coefficient (Wildman–Crippen LogP) is -1.77. The van der Waals surface area contributed by atoms with E-state index in [9.17, 15) is 21.6 Å². The fourth-order valence-corrected chi connectivity index (χ4v) is 1.93. The minimum atomic E-state index is -4.78. The first kappa shape index (κ1) is 13.5. The van der Waals surface area contributed by atoms with Gasteiger partial charge in [-0.1, -0.05) is 0 Å². The lowest BCUT2D eigenvalue weighted by Crippen LogP contribution is -2.28. The molecule has 1 saturated heterocycles. The second-order valence-corrected chi connectivity index (χ2v) is 8.42. The summed E-state index contributed by atoms with van der Waals surface area (Å²) in [7, 11) is -9.19. The molecule has 8 nitrogen and oxygen atoms in total. The van der Waals surface area contributed by atoms with E-state index in [1.807, 2.05) is 0 Å². The van der Waals surface area contributed by atoms with Crippen LogP contribution in [0.5, 0.6) is 0 Å². The van der Waals surface area contributed by atoms with Gasteiger partial charge in [0.1, 0.15) is 6.61 Å². The number of ketones is 1. The summed E-state index contributed by atoms with van der Waals surface area (Å²) in [6.07, 6.45) is -0.718. The summed E-state index contributed by atoms with van der Waals surface area (Å²) < 4.78 is 56.8. The van der Waals surface area contributed by atoms with Crippen LogP contribution in [0.1, 0.15) is 0 Å². The van der Waals surface area contributed by atoms with E-state index < -0.39 is 36.7 Å². The van der Waals surface area contributed by atoms with E-state index >= 15 is 0 Å². The van der Waals surface area contributed by atoms with Crippen LogP contribution in [0.15, 0.2) is 0 Å². The maximum absolute atomic E-state index is 11.2. The van der Waals surface area contributed by atoms with E-state index in [0.717, 1.165) is 0 Å². The fraction of sp³-hybridized carbons (Fsp3) is 0.833. The molecular formula is C6H10O8S2. The zero-order chi connectivity index (χ0) is 12.4. The van der Waals surface area contributed by atoms with Gasteiger partial charge in [-0.05, 0) is 0 Å². The van der Waals surface area contributed by atoms with Gasteiger partial charge in [0.15, 0.2) is 0 Å². The number of rotatable bonds is 5. The maximum Gasteiger partial charge on any atom is 0.375 e. The van der Waals surface area contributed by atoms with Crippen molar-refractivity contribution in [2.24, 2.45) is 0 Å². The quantitative estimate of drug-likeness (QED) is 0.541. The normalized spacial score (nSPS) is 18.8. The zero-order valence-corrected chi connectivity index (χ0v) is 9.91. The zero-order valence-electron chi connectivity index (χ0n) is 8.28. The largest absolute Gasteiger partial charge is 0.375 e. The van der Waals surface area contributed by atoms with Gasteiger partial charge in [0, 0.05) is 0 Å². The molecule has 0 aromatic rings. The molecule has 1 aliphatic heterocycles. The molecule has 0 bridgehead atoms. The van der Waals surface area contributed by atoms with Crippen LogP contribution in [-0.4, -0.2) is 55.0 Å². The molecule has 16 heavy (non-hydrogen) atoms. The Labute approximate surface area is 91.9 Å². The summed E-state index contributed by atoms with van der Waals surface area (Å²) in [4.78, 5) is 11.2. The van der Waals surface area contributed by atoms with E-state index in [2.05, 4.69) is 4.18 Å². The van der Waals surface area contributed by atoms with Gasteiger partial charge in [-0.15, -0.1) is 0 Å². The second kappa shape index (κ2) is 4.75. The monoisotopic (exact) mass is 274 g/mol. The molecule has 0 aromatic heterocycles. The molecule has 10 heteroatoms. The lowest BCUT2D eigenvalue weighted by atomic mass is 10.4. The van der Waals surface area contributed by atoms with E-state index in [-0.39, 0.29) is 13.2 Å². The van der Waals surface area contributed by atoms with Crippen molar-refractivity contribution in [2.75, 3.05) is 26.1 Å². The van der Waals surface area contributed by atoms with Crippen LogP contribution in [0.3, 0.4) is 0 Å². The summed E-state index contributed by atoms with van der Waals surface area (Å²) in [5.74, 6) is -0.787. The van der Waals surface area contributed by atoms with E-state index in [1.54, 1.807) is 0 Å². The Morgan fingerprint density at radius 1 is 1.25 bits per heavy atom. The van der Waals surface area contributed by atoms with Crippen LogP contribution in [0.25, 0.3) is 0 Å². The average Bonchev–Trinajstić information content (AvgIpc) is 2.65. The van der Waals surface area contributed by atoms with Crippen molar-refractivity contribution in [2.45, 2.75) is 6.29 Å². The van der Waals surface area contributed by atoms with Gasteiger partial charge < -0.3 is 9.47 Å². The van der Waals surface area contributed by atoms with Gasteiger partial charge >= 0.3 is 9.15 Å². The Kier molecular flexibility index (Phi) is 4.02. The number of hydrogen-bond acceptors (Lipinski definition) is 8. The van der Waals surface area contributed by atoms with Crippen molar-refractivity contribution in [3.63, 3.8) is 0 Å². The van der Waals surface area contributed by atoms with Gasteiger partial charge in [-0.3, -0.25) is 8.98 Å². The van der Waals surface area contributed by atoms with Gasteiger partial charge in [0.05, 0.1) is 19.5 Å². The third kappa shape index (κ3) is 3.22. The minimum Gasteiger partial charge on any atom is -0.344 e. The van der Waals surface area contributed by atoms with E-state index in [1.165, 1.54) is 0 Å². The molecule has 0 aliphatic carbocycles. The van der Waals surface area contributed by atoms with Crippen molar-refractivity contribution in [3.8, 4) is 0 Å². The molecule has 0 spiro atoms. The Hall–Kier alpha value is -0.550. The minimum absolute atomic E-state index is 0.217. The maximum atomic E-state index is 11.2. The van der Waals surface area contributed by atoms with Gasteiger partial charge in [0.2, 0.25) is 12.1 Å². The van der Waals surface area contributed by atoms with Crippen molar-refractivity contribution in [1.82, 2.24) is 0 Å². The Morgan fingerprint density at radius 3 is 2.19 bits per heavy atom. The molecule has 94 valence electrons. The van der Waals surface area contributed by atoms with Gasteiger partial charge in [-0.25, -0.2) is 8.42 Å². The highest BCUT2D eigenvalue weighted by molar-refractivity contribution is 8.65. The molecule has 0 saturated carbocycles. The molecular weight excluding hydrogens is 264 g/mol. The summed E-state index contributed by atoms with van der Waals surface area (Å²) in [5.41, 5.74) is 0. The summed E-state index contributed by atoms with van der Waals surface area (Å²) in [6.45, 7) is -0.495. The van der Waals surface area contributed by atoms with Crippen molar-refractivity contribution in [1.29, 1.82) is 0 Å². The van der Waals surface area contributed by atoms with Crippen LogP contribution >= 0.6 is 0 Å². The van der Waals surface area contributed by atoms with Gasteiger partial charge in [-0.2, -0.15) is 8.42 Å². The summed E-state index contributed by atoms with van der Waals surface area (Å²) >= 11 is 0. The highest BCUT2D eigenvalue weighted by Gasteiger charge is 2.30. The van der Waals surface area contributed by atoms with Crippen LogP contribution in [0.4, 0.5) is 0 Å². The molecule has 1 fully saturated rings. The highest BCUT2D eigenvalue weighted by Crippen LogP contribution is 2.08. The molecule has 1 rings (SSSR count). The number of carbonyl (C=O) groups excluding carboxylic acids is 1. The molecule has 0 radical (unpaired) electrons. The fourth-order valence-electron chi connectivity index (χ4n) is 0.830. The number of hydrogen-bond donors (Lipinski definition) is 0. The smallest absolute Gasteiger partial charge is 0.344 e. The first-order chi connectivity index (χ1) is 7.24. The summed E-state index contributed by atoms with van der Waals surface area (Å²) in [5, 5.41) is 0. The van der Waals surface area contributed by atoms with Crippen LogP contribution in [-0.2, 0) is 36.5 Å². The number of carbonyl (C=O) groups is 1. The molecule has 0 aromatic carbocycles. The lowest BCUT2D eigenvalue weighted by Gasteiger charge is -2.07. The van der Waals surface area contributed by atoms with Crippen LogP contribution in [0.2, 0.25) is 0 Å². The van der Waals surface area contributed by atoms with Crippen molar-refractivity contribution >= 4 is 23.8 Å². The number of Topliss-reactive ketones (excluding diaryl/α,β-unsaturated/α-hetero) is 1. The standard InChI is InChI=1S/C6H10O8S2/c1-15(8,9)16(10,11)14-4-5(7)6-12-2-3-13-6/h6H,2-4H2,1H3. The Bertz CT molecular complexity index is 455. The van der Waals surface area contributed by atoms with E-state index in [0.29, 0.717) is 6.26 Å². The molecule has 0 N–H and O–H groups in total. The van der Waals surface area contributed by atoms with Crippen molar-refractivity contribution < 1.29 is 35.3 Å². The van der Waals surface area contributed by atoms with Crippen LogP contribution < -0.4 is 0 Å². The predicted molar refractivity (Wildman–Crippen MR) is 50.4 cm³/mol. The molecule has 0 atom stereocenters. The molecule has 1 heterocycles. The molecule has 0 amide bonds. The summed E-state index contributed by atoms with van der Waals surface area (Å²) in [6, 6.07) is 0. The first-order valence-corrected chi connectivity index (χ1v) is 7.91. The van der Waals surface area contributed by atoms with Gasteiger partial charge in [0.25, 0.3) is 8.87 Å². The Balaban J connectivity index is 2.55. The number of ether oxygens (including phenoxy) is 2. The second-order valence-electron chi connectivity index (χ2n) is 2.91. The lowest BCUT2D eigenvalue weighted by molar-refractivity contribution is -0.146. The highest BCUT2D eigenvalue weighted by atomic mass is 33.2. The average molecular weight is 274 g/mol. The molecule has 0 unspecified atom stereocenters. The van der Waals surface area contributed by atoms with Crippen molar-refractivity contribution in [3.05, 3.63) is 0 Å². The van der Waals surface area contributed by atoms with Crippen LogP contribution in [0, 0.1) is 0 Å². The third-order valence-corrected chi connectivity index (χ3v) is 5.26.